The smallest absolute Gasteiger partial charge is 0.471 e. The second-order valence-corrected chi connectivity index (χ2v) is 3.35. The van der Waals surface area contributed by atoms with E-state index in [9.17, 15) is 22.8 Å². The number of halogens is 3. The van der Waals surface area contributed by atoms with Crippen molar-refractivity contribution < 1.29 is 33.0 Å². The van der Waals surface area contributed by atoms with Crippen LogP contribution in [0.1, 0.15) is 12.8 Å². The fourth-order valence-electron chi connectivity index (χ4n) is 1.13. The van der Waals surface area contributed by atoms with Crippen molar-refractivity contribution >= 4 is 11.9 Å². The summed E-state index contributed by atoms with van der Waals surface area (Å²) in [5, 5.41) is 18.9. The van der Waals surface area contributed by atoms with Crippen molar-refractivity contribution in [2.45, 2.75) is 30.7 Å². The first kappa shape index (κ1) is 11.8. The molecule has 1 fully saturated rings. The second kappa shape index (κ2) is 3.37. The van der Waals surface area contributed by atoms with E-state index in [1.807, 2.05) is 0 Å². The number of hydrogen-bond acceptors (Lipinski definition) is 3. The number of amides is 1. The van der Waals surface area contributed by atoms with Crippen molar-refractivity contribution in [3.63, 3.8) is 0 Å². The summed E-state index contributed by atoms with van der Waals surface area (Å²) in [5.41, 5.74) is -1.65. The number of alkyl halides is 3. The number of carbonyl (C=O) groups is 2. The van der Waals surface area contributed by atoms with Gasteiger partial charge in [0.25, 0.3) is 0 Å². The summed E-state index contributed by atoms with van der Waals surface area (Å²) in [6.45, 7) is 0. The highest BCUT2D eigenvalue weighted by molar-refractivity contribution is 5.84. The molecule has 0 aromatic carbocycles. The summed E-state index contributed by atoms with van der Waals surface area (Å²) in [6.07, 6.45) is -7.05. The Balaban J connectivity index is 2.66. The molecule has 0 heterocycles. The molecule has 0 saturated heterocycles. The van der Waals surface area contributed by atoms with Gasteiger partial charge >= 0.3 is 18.1 Å². The van der Waals surface area contributed by atoms with E-state index in [1.165, 1.54) is 5.32 Å². The standard InChI is InChI=1S/C7H8F3NO4/c8-7(9,10)5(15)11-6(1-2-6)3(12)4(13)14/h3,12H,1-2H2,(H,11,15)(H,13,14). The summed E-state index contributed by atoms with van der Waals surface area (Å²) in [5.74, 6) is -3.89. The highest BCUT2D eigenvalue weighted by Crippen LogP contribution is 2.39. The van der Waals surface area contributed by atoms with E-state index in [2.05, 4.69) is 0 Å². The van der Waals surface area contributed by atoms with Crippen LogP contribution in [0.25, 0.3) is 0 Å². The van der Waals surface area contributed by atoms with Crippen LogP contribution in [0.2, 0.25) is 0 Å². The molecule has 1 saturated carbocycles. The number of carbonyl (C=O) groups excluding carboxylic acids is 1. The average Bonchev–Trinajstić information content (AvgIpc) is 2.82. The van der Waals surface area contributed by atoms with Gasteiger partial charge in [-0.25, -0.2) is 4.79 Å². The number of aliphatic hydroxyl groups excluding tert-OH is 1. The SMILES string of the molecule is O=C(O)C(O)C1(NC(=O)C(F)(F)F)CC1. The predicted octanol–water partition coefficient (Wildman–Crippen LogP) is -0.357. The van der Waals surface area contributed by atoms with Crippen LogP contribution >= 0.6 is 0 Å². The number of nitrogens with one attached hydrogen (secondary N) is 1. The Labute approximate surface area is 81.9 Å². The lowest BCUT2D eigenvalue weighted by molar-refractivity contribution is -0.176. The molecule has 15 heavy (non-hydrogen) atoms. The largest absolute Gasteiger partial charge is 0.479 e. The number of aliphatic hydroxyl groups is 1. The van der Waals surface area contributed by atoms with E-state index in [1.54, 1.807) is 0 Å². The van der Waals surface area contributed by atoms with Gasteiger partial charge in [0.2, 0.25) is 0 Å². The topological polar surface area (TPSA) is 86.6 Å². The van der Waals surface area contributed by atoms with Crippen molar-refractivity contribution in [1.29, 1.82) is 0 Å². The first-order valence-electron chi connectivity index (χ1n) is 3.99. The molecular weight excluding hydrogens is 219 g/mol. The Morgan fingerprint density at radius 1 is 1.33 bits per heavy atom. The maximum atomic E-state index is 11.8. The minimum atomic E-state index is -5.08. The molecule has 86 valence electrons. The third-order valence-corrected chi connectivity index (χ3v) is 2.17. The lowest BCUT2D eigenvalue weighted by Gasteiger charge is -2.20. The monoisotopic (exact) mass is 227 g/mol. The first-order valence-corrected chi connectivity index (χ1v) is 3.99. The number of carboxylic acids is 1. The Bertz CT molecular complexity index is 297. The maximum Gasteiger partial charge on any atom is 0.471 e. The van der Waals surface area contributed by atoms with Gasteiger partial charge in [0.1, 0.15) is 0 Å². The molecule has 1 unspecified atom stereocenters. The summed E-state index contributed by atoms with van der Waals surface area (Å²) in [4.78, 5) is 20.8. The molecule has 1 aliphatic carbocycles. The van der Waals surface area contributed by atoms with Crippen LogP contribution < -0.4 is 5.32 Å². The lowest BCUT2D eigenvalue weighted by atomic mass is 10.1. The first-order chi connectivity index (χ1) is 6.69. The molecule has 0 aromatic heterocycles. The summed E-state index contributed by atoms with van der Waals surface area (Å²) >= 11 is 0. The molecule has 8 heteroatoms. The van der Waals surface area contributed by atoms with Gasteiger partial charge in [-0.15, -0.1) is 0 Å². The van der Waals surface area contributed by atoms with E-state index in [4.69, 9.17) is 10.2 Å². The fraction of sp³-hybridized carbons (Fsp3) is 0.714. The van der Waals surface area contributed by atoms with Gasteiger partial charge in [-0.1, -0.05) is 0 Å². The van der Waals surface area contributed by atoms with E-state index in [0.717, 1.165) is 0 Å². The van der Waals surface area contributed by atoms with Gasteiger partial charge in [0, 0.05) is 0 Å². The fourth-order valence-corrected chi connectivity index (χ4v) is 1.13. The lowest BCUT2D eigenvalue weighted by Crippen LogP contribution is -2.52. The van der Waals surface area contributed by atoms with Crippen molar-refractivity contribution in [2.24, 2.45) is 0 Å². The summed E-state index contributed by atoms with van der Waals surface area (Å²) in [6, 6.07) is 0. The quantitative estimate of drug-likeness (QED) is 0.614. The van der Waals surface area contributed by atoms with Crippen molar-refractivity contribution in [1.82, 2.24) is 5.32 Å². The zero-order valence-corrected chi connectivity index (χ0v) is 7.34. The van der Waals surface area contributed by atoms with Crippen LogP contribution in [0.15, 0.2) is 0 Å². The molecule has 5 nitrogen and oxygen atoms in total. The van der Waals surface area contributed by atoms with Crippen LogP contribution in [0, 0.1) is 0 Å². The van der Waals surface area contributed by atoms with Crippen LogP contribution in [0.4, 0.5) is 13.2 Å². The van der Waals surface area contributed by atoms with Gasteiger partial charge in [-0.2, -0.15) is 13.2 Å². The van der Waals surface area contributed by atoms with Crippen molar-refractivity contribution in [3.05, 3.63) is 0 Å². The molecule has 1 aliphatic rings. The molecule has 0 aliphatic heterocycles. The highest BCUT2D eigenvalue weighted by Gasteiger charge is 2.56. The minimum absolute atomic E-state index is 0.0162. The summed E-state index contributed by atoms with van der Waals surface area (Å²) in [7, 11) is 0. The third kappa shape index (κ3) is 2.38. The molecule has 1 atom stereocenters. The number of carboxylic acid groups (broad SMARTS) is 1. The predicted molar refractivity (Wildman–Crippen MR) is 39.8 cm³/mol. The zero-order valence-electron chi connectivity index (χ0n) is 7.34. The van der Waals surface area contributed by atoms with Gasteiger partial charge in [-0.05, 0) is 12.8 Å². The number of aliphatic carboxylic acids is 1. The van der Waals surface area contributed by atoms with E-state index in [-0.39, 0.29) is 12.8 Å². The van der Waals surface area contributed by atoms with Gasteiger partial charge in [0.15, 0.2) is 6.10 Å². The van der Waals surface area contributed by atoms with E-state index < -0.39 is 29.7 Å². The molecule has 3 N–H and O–H groups in total. The Hall–Kier alpha value is -1.31. The summed E-state index contributed by atoms with van der Waals surface area (Å²) < 4.78 is 35.5. The van der Waals surface area contributed by atoms with Gasteiger partial charge in [0.05, 0.1) is 5.54 Å². The zero-order chi connectivity index (χ0) is 11.9. The third-order valence-electron chi connectivity index (χ3n) is 2.17. The average molecular weight is 227 g/mol. The molecule has 0 bridgehead atoms. The van der Waals surface area contributed by atoms with Crippen molar-refractivity contribution in [3.8, 4) is 0 Å². The number of rotatable bonds is 3. The molecule has 1 rings (SSSR count). The Morgan fingerprint density at radius 2 is 1.80 bits per heavy atom. The normalized spacial score (nSPS) is 20.5. The van der Waals surface area contributed by atoms with E-state index in [0.29, 0.717) is 0 Å². The van der Waals surface area contributed by atoms with Crippen LogP contribution in [0.5, 0.6) is 0 Å². The second-order valence-electron chi connectivity index (χ2n) is 3.35. The molecule has 0 radical (unpaired) electrons. The number of hydrogen-bond donors (Lipinski definition) is 3. The van der Waals surface area contributed by atoms with Crippen LogP contribution in [-0.2, 0) is 9.59 Å². The molecule has 0 aromatic rings. The highest BCUT2D eigenvalue weighted by atomic mass is 19.4. The Morgan fingerprint density at radius 3 is 2.07 bits per heavy atom. The van der Waals surface area contributed by atoms with Crippen LogP contribution in [-0.4, -0.2) is 39.9 Å². The minimum Gasteiger partial charge on any atom is -0.479 e. The van der Waals surface area contributed by atoms with Gasteiger partial charge < -0.3 is 15.5 Å². The molecule has 1 amide bonds. The van der Waals surface area contributed by atoms with Crippen LogP contribution in [0.3, 0.4) is 0 Å². The Kier molecular flexibility index (Phi) is 2.64. The van der Waals surface area contributed by atoms with Crippen molar-refractivity contribution in [2.75, 3.05) is 0 Å². The van der Waals surface area contributed by atoms with Gasteiger partial charge in [-0.3, -0.25) is 4.79 Å². The molecule has 0 spiro atoms. The molecular formula is C7H8F3NO4. The maximum absolute atomic E-state index is 11.8. The van der Waals surface area contributed by atoms with E-state index >= 15 is 0 Å².